The number of benzene rings is 1. The summed E-state index contributed by atoms with van der Waals surface area (Å²) < 4.78 is 55.7. The average molecular weight is 302 g/mol. The highest BCUT2D eigenvalue weighted by atomic mass is 32.2. The van der Waals surface area contributed by atoms with Crippen molar-refractivity contribution in [2.24, 2.45) is 0 Å². The monoisotopic (exact) mass is 302 g/mol. The molecule has 18 heavy (non-hydrogen) atoms. The minimum atomic E-state index is -4.24. The van der Waals surface area contributed by atoms with Crippen molar-refractivity contribution in [2.45, 2.75) is 11.1 Å². The predicted octanol–water partition coefficient (Wildman–Crippen LogP) is 3.47. The maximum absolute atomic E-state index is 12.0. The van der Waals surface area contributed by atoms with Crippen LogP contribution in [0, 0.1) is 0 Å². The fourth-order valence-electron chi connectivity index (χ4n) is 0.932. The Hall–Kier alpha value is -0.690. The molecule has 0 heterocycles. The molecule has 0 saturated carbocycles. The number of phosphoric ester groups is 1. The van der Waals surface area contributed by atoms with E-state index in [0.29, 0.717) is 16.7 Å². The third-order valence-electron chi connectivity index (χ3n) is 1.68. The van der Waals surface area contributed by atoms with E-state index in [9.17, 15) is 17.7 Å². The second-order valence-corrected chi connectivity index (χ2v) is 5.65. The van der Waals surface area contributed by atoms with E-state index in [2.05, 4.69) is 9.05 Å². The van der Waals surface area contributed by atoms with E-state index < -0.39 is 19.8 Å². The van der Waals surface area contributed by atoms with Crippen LogP contribution in [0.5, 0.6) is 5.75 Å². The molecule has 0 aromatic heterocycles. The Kier molecular flexibility index (Phi) is 5.10. The summed E-state index contributed by atoms with van der Waals surface area (Å²) in [6.07, 6.45) is -4.24. The molecule has 0 aliphatic rings. The minimum absolute atomic E-state index is 0.0408. The van der Waals surface area contributed by atoms with Gasteiger partial charge in [-0.2, -0.15) is 13.2 Å². The summed E-state index contributed by atoms with van der Waals surface area (Å²) >= 11 is 0.616. The van der Waals surface area contributed by atoms with Gasteiger partial charge in [-0.15, -0.1) is 11.8 Å². The molecule has 9 heteroatoms. The Morgan fingerprint density at radius 1 is 1.33 bits per heavy atom. The van der Waals surface area contributed by atoms with Gasteiger partial charge in [0.2, 0.25) is 0 Å². The van der Waals surface area contributed by atoms with Crippen molar-refractivity contribution in [3.63, 3.8) is 0 Å². The molecule has 0 spiro atoms. The van der Waals surface area contributed by atoms with Crippen LogP contribution >= 0.6 is 19.6 Å². The van der Waals surface area contributed by atoms with E-state index >= 15 is 0 Å². The molecule has 1 aromatic rings. The molecular weight excluding hydrogens is 292 g/mol. The molecule has 1 aromatic carbocycles. The van der Waals surface area contributed by atoms with Crippen LogP contribution < -0.4 is 4.52 Å². The summed E-state index contributed by atoms with van der Waals surface area (Å²) in [4.78, 5) is 9.39. The fourth-order valence-corrected chi connectivity index (χ4v) is 2.05. The molecule has 0 fully saturated rings. The van der Waals surface area contributed by atoms with Gasteiger partial charge < -0.3 is 4.52 Å². The van der Waals surface area contributed by atoms with Gasteiger partial charge in [0.1, 0.15) is 5.75 Å². The van der Waals surface area contributed by atoms with E-state index in [4.69, 9.17) is 4.89 Å². The van der Waals surface area contributed by atoms with Crippen LogP contribution in [0.3, 0.4) is 0 Å². The zero-order valence-electron chi connectivity index (χ0n) is 9.18. The van der Waals surface area contributed by atoms with E-state index in [0.717, 1.165) is 7.11 Å². The van der Waals surface area contributed by atoms with Gasteiger partial charge in [-0.25, -0.2) is 4.57 Å². The topological polar surface area (TPSA) is 55.8 Å². The lowest BCUT2D eigenvalue weighted by Crippen LogP contribution is -2.10. The first-order chi connectivity index (χ1) is 8.22. The number of alkyl halides is 3. The lowest BCUT2D eigenvalue weighted by molar-refractivity contribution is -0.105. The summed E-state index contributed by atoms with van der Waals surface area (Å²) in [5, 5.41) is 0. The zero-order chi connectivity index (χ0) is 13.8. The summed E-state index contributed by atoms with van der Waals surface area (Å²) in [7, 11) is -3.13. The van der Waals surface area contributed by atoms with E-state index in [1.807, 2.05) is 0 Å². The highest BCUT2D eigenvalue weighted by molar-refractivity contribution is 7.99. The number of phosphoric acid groups is 1. The molecule has 1 atom stereocenters. The second kappa shape index (κ2) is 5.97. The van der Waals surface area contributed by atoms with Crippen LogP contribution in [0.4, 0.5) is 13.2 Å². The molecule has 0 bridgehead atoms. The lowest BCUT2D eigenvalue weighted by Gasteiger charge is -2.10. The first-order valence-electron chi connectivity index (χ1n) is 4.59. The normalized spacial score (nSPS) is 15.2. The first-order valence-corrected chi connectivity index (χ1v) is 7.08. The molecule has 1 N–H and O–H groups in total. The molecule has 102 valence electrons. The van der Waals surface area contributed by atoms with Crippen LogP contribution in [0.1, 0.15) is 0 Å². The van der Waals surface area contributed by atoms with Crippen molar-refractivity contribution in [1.29, 1.82) is 0 Å². The van der Waals surface area contributed by atoms with Gasteiger partial charge >= 0.3 is 14.0 Å². The van der Waals surface area contributed by atoms with Crippen LogP contribution in [-0.2, 0) is 9.09 Å². The quantitative estimate of drug-likeness (QED) is 0.666. The lowest BCUT2D eigenvalue weighted by atomic mass is 10.3. The van der Waals surface area contributed by atoms with E-state index in [1.54, 1.807) is 0 Å². The maximum Gasteiger partial charge on any atom is 0.527 e. The third-order valence-corrected chi connectivity index (χ3v) is 3.66. The fraction of sp³-hybridized carbons (Fsp3) is 0.333. The van der Waals surface area contributed by atoms with Gasteiger partial charge in [0.15, 0.2) is 0 Å². The van der Waals surface area contributed by atoms with E-state index in [1.165, 1.54) is 24.3 Å². The molecule has 0 radical (unpaired) electrons. The molecule has 0 aliphatic carbocycles. The molecular formula is C9H10F3O4PS. The van der Waals surface area contributed by atoms with Gasteiger partial charge in [0.25, 0.3) is 0 Å². The SMILES string of the molecule is COP(=O)(O)Oc1ccc(SCC(F)(F)F)cc1. The summed E-state index contributed by atoms with van der Waals surface area (Å²) in [6, 6.07) is 5.31. The number of halogens is 3. The van der Waals surface area contributed by atoms with Crippen LogP contribution in [0.2, 0.25) is 0 Å². The zero-order valence-corrected chi connectivity index (χ0v) is 10.9. The standard InChI is InChI=1S/C9H10F3O4PS/c1-15-17(13,14)16-7-2-4-8(5-3-7)18-6-9(10,11)12/h2-5H,6H2,1H3,(H,13,14). The first kappa shape index (κ1) is 15.4. The predicted molar refractivity (Wildman–Crippen MR) is 60.7 cm³/mol. The van der Waals surface area contributed by atoms with Gasteiger partial charge in [-0.1, -0.05) is 0 Å². The maximum atomic E-state index is 12.0. The number of rotatable bonds is 5. The van der Waals surface area contributed by atoms with Crippen molar-refractivity contribution in [3.05, 3.63) is 24.3 Å². The minimum Gasteiger partial charge on any atom is -0.404 e. The van der Waals surface area contributed by atoms with Crippen molar-refractivity contribution >= 4 is 19.6 Å². The van der Waals surface area contributed by atoms with Gasteiger partial charge in [0, 0.05) is 12.0 Å². The largest absolute Gasteiger partial charge is 0.527 e. The Balaban J connectivity index is 2.61. The number of hydrogen-bond donors (Lipinski definition) is 1. The Morgan fingerprint density at radius 3 is 2.33 bits per heavy atom. The van der Waals surface area contributed by atoms with Gasteiger partial charge in [0.05, 0.1) is 5.75 Å². The smallest absolute Gasteiger partial charge is 0.404 e. The van der Waals surface area contributed by atoms with Crippen molar-refractivity contribution in [3.8, 4) is 5.75 Å². The van der Waals surface area contributed by atoms with Gasteiger partial charge in [-0.3, -0.25) is 9.42 Å². The second-order valence-electron chi connectivity index (χ2n) is 3.12. The van der Waals surface area contributed by atoms with E-state index in [-0.39, 0.29) is 5.75 Å². The summed E-state index contributed by atoms with van der Waals surface area (Å²) in [6.45, 7) is 0. The molecule has 0 amide bonds. The highest BCUT2D eigenvalue weighted by Gasteiger charge is 2.27. The molecule has 0 saturated heterocycles. The van der Waals surface area contributed by atoms with Gasteiger partial charge in [-0.05, 0) is 24.3 Å². The Morgan fingerprint density at radius 2 is 1.89 bits per heavy atom. The summed E-state index contributed by atoms with van der Waals surface area (Å²) in [5.41, 5.74) is 0. The van der Waals surface area contributed by atoms with Crippen molar-refractivity contribution in [1.82, 2.24) is 0 Å². The van der Waals surface area contributed by atoms with Crippen LogP contribution in [0.25, 0.3) is 0 Å². The number of thioether (sulfide) groups is 1. The van der Waals surface area contributed by atoms with Crippen molar-refractivity contribution in [2.75, 3.05) is 12.9 Å². The van der Waals surface area contributed by atoms with Crippen LogP contribution in [0.15, 0.2) is 29.2 Å². The molecule has 4 nitrogen and oxygen atoms in total. The molecule has 1 rings (SSSR count). The number of hydrogen-bond acceptors (Lipinski definition) is 4. The molecule has 0 aliphatic heterocycles. The van der Waals surface area contributed by atoms with Crippen LogP contribution in [-0.4, -0.2) is 23.9 Å². The Bertz CT molecular complexity index is 434. The third kappa shape index (κ3) is 5.77. The Labute approximate surface area is 106 Å². The highest BCUT2D eigenvalue weighted by Crippen LogP contribution is 2.43. The van der Waals surface area contributed by atoms with Crippen molar-refractivity contribution < 1.29 is 31.7 Å². The average Bonchev–Trinajstić information content (AvgIpc) is 2.27. The summed E-state index contributed by atoms with van der Waals surface area (Å²) in [5.74, 6) is -0.955. The molecule has 1 unspecified atom stereocenters.